The lowest BCUT2D eigenvalue weighted by Crippen LogP contribution is -2.65. The van der Waals surface area contributed by atoms with E-state index in [-0.39, 0.29) is 71.1 Å². The highest BCUT2D eigenvalue weighted by Crippen LogP contribution is 2.31. The lowest BCUT2D eigenvalue weighted by atomic mass is 9.96. The largest absolute Gasteiger partial charge is 0.394 e. The Labute approximate surface area is 427 Å². The van der Waals surface area contributed by atoms with Gasteiger partial charge in [0.1, 0.15) is 97.6 Å². The average molecular weight is 1090 g/mol. The van der Waals surface area contributed by atoms with Crippen molar-refractivity contribution in [2.75, 3.05) is 46.1 Å². The van der Waals surface area contributed by atoms with Gasteiger partial charge < -0.3 is 130 Å². The molecule has 5 aliphatic heterocycles. The van der Waals surface area contributed by atoms with Crippen LogP contribution in [0.4, 0.5) is 0 Å². The van der Waals surface area contributed by atoms with Gasteiger partial charge in [-0.15, -0.1) is 5.06 Å². The van der Waals surface area contributed by atoms with Crippen molar-refractivity contribution in [3.63, 3.8) is 0 Å². The van der Waals surface area contributed by atoms with Crippen LogP contribution in [0.15, 0.2) is 0 Å². The molecule has 32 nitrogen and oxygen atoms in total. The van der Waals surface area contributed by atoms with Crippen LogP contribution in [0, 0.1) is 0 Å². The fraction of sp³-hybridized carbons (Fsp3) is 0.884. The van der Waals surface area contributed by atoms with Gasteiger partial charge in [-0.1, -0.05) is 0 Å². The highest BCUT2D eigenvalue weighted by Gasteiger charge is 2.52. The number of nitrogens with zero attached hydrogens (tertiary/aromatic N) is 1. The highest BCUT2D eigenvalue weighted by atomic mass is 16.8. The normalized spacial score (nSPS) is 38.7. The molecular weight excluding hydrogens is 1020 g/mol. The summed E-state index contributed by atoms with van der Waals surface area (Å²) in [5.41, 5.74) is 0. The molecule has 432 valence electrons. The number of aliphatic hydroxyl groups excluding tert-OH is 14. The zero-order valence-electron chi connectivity index (χ0n) is 40.7. The maximum atomic E-state index is 13.6. The van der Waals surface area contributed by atoms with Crippen LogP contribution < -0.4 is 16.0 Å². The van der Waals surface area contributed by atoms with Gasteiger partial charge in [0.2, 0.25) is 17.7 Å². The standard InChI is InChI=1S/C43H72N4O28/c1-17-27(55)31(59)34(62)40(70-17)67-12-10-44-22(50)7-6-18(46-23(51)4-2-3-5-26(54)75-47-24(52)8-9-25(47)53)39(66)45-11-13-68-42-37(65)38(74-43-36(64)33(61)29(57)20(15-49)72-43)30(58)21(73-42)16-69-41-35(63)32(60)28(56)19(14-48)71-41/h17-21,24,27-38,40-43,48-49,52,55-65H,2-16H2,1H3,(H,44,50)(H,45,66)(H,46,51)/t17-,18-,19+,20+,21+,24?,27+,28+,29+,30+,31+,32-,33-,34-,35-,36-,37-,38-,40+,41-,42-,43+/m0/s1. The quantitative estimate of drug-likeness (QED) is 0.0358. The molecule has 75 heavy (non-hydrogen) atoms. The van der Waals surface area contributed by atoms with Gasteiger partial charge in [0.05, 0.1) is 39.1 Å². The molecule has 0 bridgehead atoms. The number of ether oxygens (including phenoxy) is 8. The maximum absolute atomic E-state index is 13.6. The number of hydrogen-bond acceptors (Lipinski definition) is 28. The van der Waals surface area contributed by atoms with E-state index in [4.69, 9.17) is 42.7 Å². The van der Waals surface area contributed by atoms with Gasteiger partial charge in [-0.25, -0.2) is 4.79 Å². The van der Waals surface area contributed by atoms with E-state index < -0.39 is 191 Å². The van der Waals surface area contributed by atoms with Crippen molar-refractivity contribution in [1.82, 2.24) is 21.0 Å². The summed E-state index contributed by atoms with van der Waals surface area (Å²) in [7, 11) is 0. The Morgan fingerprint density at radius 2 is 1.13 bits per heavy atom. The van der Waals surface area contributed by atoms with E-state index in [9.17, 15) is 95.5 Å². The third-order valence-corrected chi connectivity index (χ3v) is 12.9. The van der Waals surface area contributed by atoms with Crippen molar-refractivity contribution in [2.45, 2.75) is 193 Å². The van der Waals surface area contributed by atoms with Gasteiger partial charge in [-0.3, -0.25) is 19.2 Å². The van der Waals surface area contributed by atoms with Gasteiger partial charge in [-0.2, -0.15) is 0 Å². The first-order valence-corrected chi connectivity index (χ1v) is 24.5. The molecule has 0 saturated carbocycles. The van der Waals surface area contributed by atoms with E-state index in [0.717, 1.165) is 0 Å². The zero-order chi connectivity index (χ0) is 55.3. The molecule has 5 heterocycles. The second-order valence-electron chi connectivity index (χ2n) is 18.5. The predicted octanol–water partition coefficient (Wildman–Crippen LogP) is -10.2. The number of hydroxylamine groups is 2. The van der Waals surface area contributed by atoms with Crippen LogP contribution >= 0.6 is 0 Å². The molecule has 4 amide bonds. The van der Waals surface area contributed by atoms with Crippen molar-refractivity contribution in [2.24, 2.45) is 0 Å². The van der Waals surface area contributed by atoms with E-state index in [1.165, 1.54) is 6.92 Å². The Morgan fingerprint density at radius 1 is 0.600 bits per heavy atom. The molecular formula is C43H72N4O28. The molecule has 0 aliphatic carbocycles. The predicted molar refractivity (Wildman–Crippen MR) is 237 cm³/mol. The molecule has 0 aromatic carbocycles. The van der Waals surface area contributed by atoms with Crippen LogP contribution in [-0.2, 0) is 66.7 Å². The van der Waals surface area contributed by atoms with Crippen LogP contribution in [0.25, 0.3) is 0 Å². The summed E-state index contributed by atoms with van der Waals surface area (Å²) in [4.78, 5) is 68.5. The van der Waals surface area contributed by atoms with Crippen LogP contribution in [0.3, 0.4) is 0 Å². The van der Waals surface area contributed by atoms with Crippen LogP contribution in [0.1, 0.15) is 58.3 Å². The van der Waals surface area contributed by atoms with Gasteiger partial charge in [0.25, 0.3) is 5.91 Å². The number of unbranched alkanes of at least 4 members (excludes halogenated alkanes) is 1. The van der Waals surface area contributed by atoms with Crippen LogP contribution in [-0.4, -0.2) is 287 Å². The van der Waals surface area contributed by atoms with Crippen LogP contribution in [0.5, 0.6) is 0 Å². The smallest absolute Gasteiger partial charge is 0.332 e. The highest BCUT2D eigenvalue weighted by molar-refractivity contribution is 5.88. The molecule has 5 aliphatic rings. The fourth-order valence-electron chi connectivity index (χ4n) is 8.42. The number of carbonyl (C=O) groups excluding carboxylic acids is 5. The second kappa shape index (κ2) is 29.4. The molecule has 0 spiro atoms. The number of hydrogen-bond donors (Lipinski definition) is 17. The second-order valence-corrected chi connectivity index (χ2v) is 18.5. The Morgan fingerprint density at radius 3 is 1.73 bits per heavy atom. The summed E-state index contributed by atoms with van der Waals surface area (Å²) in [5.74, 6) is -3.52. The summed E-state index contributed by atoms with van der Waals surface area (Å²) in [6, 6.07) is -1.38. The van der Waals surface area contributed by atoms with Crippen molar-refractivity contribution in [3.8, 4) is 0 Å². The Kier molecular flexibility index (Phi) is 24.5. The minimum absolute atomic E-state index is 0.00324. The molecule has 32 heteroatoms. The first kappa shape index (κ1) is 62.3. The van der Waals surface area contributed by atoms with E-state index in [2.05, 4.69) is 16.0 Å². The Hall–Kier alpha value is -3.53. The third kappa shape index (κ3) is 16.7. The number of rotatable bonds is 26. The lowest BCUT2D eigenvalue weighted by Gasteiger charge is -2.46. The van der Waals surface area contributed by atoms with E-state index in [1.54, 1.807) is 0 Å². The third-order valence-electron chi connectivity index (χ3n) is 12.9. The summed E-state index contributed by atoms with van der Waals surface area (Å²) >= 11 is 0. The first-order chi connectivity index (χ1) is 35.6. The summed E-state index contributed by atoms with van der Waals surface area (Å²) in [5, 5.41) is 152. The lowest BCUT2D eigenvalue weighted by molar-refractivity contribution is -0.366. The first-order valence-electron chi connectivity index (χ1n) is 24.5. The Balaban J connectivity index is 1.19. The topological polar surface area (TPSA) is 491 Å². The number of nitrogens with one attached hydrogen (secondary N) is 3. The van der Waals surface area contributed by atoms with Gasteiger partial charge in [0, 0.05) is 45.2 Å². The summed E-state index contributed by atoms with van der Waals surface area (Å²) < 4.78 is 44.2. The minimum Gasteiger partial charge on any atom is -0.394 e. The summed E-state index contributed by atoms with van der Waals surface area (Å²) in [6.07, 6.45) is -35.6. The minimum atomic E-state index is -2.00. The molecule has 22 atom stereocenters. The molecule has 0 radical (unpaired) electrons. The molecule has 5 fully saturated rings. The maximum Gasteiger partial charge on any atom is 0.332 e. The van der Waals surface area contributed by atoms with Crippen molar-refractivity contribution in [1.29, 1.82) is 0 Å². The van der Waals surface area contributed by atoms with E-state index >= 15 is 0 Å². The van der Waals surface area contributed by atoms with E-state index in [1.807, 2.05) is 0 Å². The van der Waals surface area contributed by atoms with Crippen molar-refractivity contribution in [3.05, 3.63) is 0 Å². The molecule has 5 saturated heterocycles. The Bertz CT molecular complexity index is 1830. The van der Waals surface area contributed by atoms with Crippen molar-refractivity contribution < 1.29 is 138 Å². The number of carbonyl (C=O) groups is 5. The van der Waals surface area contributed by atoms with Gasteiger partial charge >= 0.3 is 5.97 Å². The molecule has 0 aromatic heterocycles. The number of aliphatic hydroxyl groups is 14. The molecule has 5 rings (SSSR count). The SMILES string of the molecule is C[C@@H]1O[C@@H](OCCNC(=O)CC[C@H](NC(=O)CCCCC(=O)ON2C(=O)CCC2O)C(=O)NCCO[C@H]2O[C@H](CO[C@H]3O[C@H](CO)[C@@H](O)[C@H](O)[C@@H]3O)[C@@H](O)[C@H](O[C@H]3O[C@H](CO)[C@@H](O)[C@H](O)[C@@H]3O)[C@@H]2O)[C@@H](O)[C@H](O)[C@@H]1O. The van der Waals surface area contributed by atoms with Crippen molar-refractivity contribution >= 4 is 29.6 Å². The average Bonchev–Trinajstić information content (AvgIpc) is 3.70. The van der Waals surface area contributed by atoms with Gasteiger partial charge in [-0.05, 0) is 26.2 Å². The monoisotopic (exact) mass is 1090 g/mol. The fourth-order valence-corrected chi connectivity index (χ4v) is 8.42. The summed E-state index contributed by atoms with van der Waals surface area (Å²) in [6.45, 7) is -2.18. The molecule has 0 aromatic rings. The number of amides is 4. The molecule has 17 N–H and O–H groups in total. The zero-order valence-corrected chi connectivity index (χ0v) is 40.7. The van der Waals surface area contributed by atoms with Crippen LogP contribution in [0.2, 0.25) is 0 Å². The molecule has 1 unspecified atom stereocenters. The van der Waals surface area contributed by atoms with Gasteiger partial charge in [0.15, 0.2) is 31.4 Å². The van der Waals surface area contributed by atoms with E-state index in [0.29, 0.717) is 5.06 Å².